The van der Waals surface area contributed by atoms with E-state index in [1.165, 1.54) is 0 Å². The number of nitrogen functional groups attached to an aromatic ring is 1. The number of anilines is 1. The number of nitrogens with two attached hydrogens (primary N) is 2. The molecule has 0 aliphatic rings. The van der Waals surface area contributed by atoms with Crippen molar-refractivity contribution < 1.29 is 9.53 Å². The van der Waals surface area contributed by atoms with E-state index in [4.69, 9.17) is 16.2 Å². The highest BCUT2D eigenvalue weighted by Gasteiger charge is 2.10. The van der Waals surface area contributed by atoms with Crippen LogP contribution in [0.15, 0.2) is 36.4 Å². The smallest absolute Gasteiger partial charge is 0.249 e. The van der Waals surface area contributed by atoms with Gasteiger partial charge in [0.1, 0.15) is 12.4 Å². The van der Waals surface area contributed by atoms with E-state index in [-0.39, 0.29) is 6.61 Å². The zero-order valence-electron chi connectivity index (χ0n) is 11.6. The first-order valence-electron chi connectivity index (χ1n) is 6.37. The second kappa shape index (κ2) is 5.65. The number of primary amides is 1. The van der Waals surface area contributed by atoms with Gasteiger partial charge in [-0.2, -0.15) is 0 Å². The molecule has 4 nitrogen and oxygen atoms in total. The Morgan fingerprint density at radius 1 is 1.15 bits per heavy atom. The van der Waals surface area contributed by atoms with E-state index in [9.17, 15) is 4.79 Å². The lowest BCUT2D eigenvalue weighted by molar-refractivity contribution is 0.0998. The molecule has 0 unspecified atom stereocenters. The van der Waals surface area contributed by atoms with Crippen LogP contribution in [0.4, 0.5) is 5.69 Å². The summed E-state index contributed by atoms with van der Waals surface area (Å²) < 4.78 is 5.84. The van der Waals surface area contributed by atoms with Crippen molar-refractivity contribution in [2.24, 2.45) is 5.73 Å². The third-order valence-corrected chi connectivity index (χ3v) is 3.30. The maximum Gasteiger partial charge on any atom is 0.249 e. The number of carbonyl (C=O) groups is 1. The average molecular weight is 270 g/mol. The minimum absolute atomic E-state index is 0.282. The molecule has 0 atom stereocenters. The van der Waals surface area contributed by atoms with E-state index in [1.54, 1.807) is 12.1 Å². The molecular weight excluding hydrogens is 252 g/mol. The van der Waals surface area contributed by atoms with E-state index < -0.39 is 5.91 Å². The van der Waals surface area contributed by atoms with E-state index in [2.05, 4.69) is 0 Å². The van der Waals surface area contributed by atoms with Crippen LogP contribution in [0.3, 0.4) is 0 Å². The Balaban J connectivity index is 2.26. The van der Waals surface area contributed by atoms with Crippen molar-refractivity contribution in [3.05, 3.63) is 58.7 Å². The Kier molecular flexibility index (Phi) is 3.94. The number of rotatable bonds is 4. The molecule has 0 saturated heterocycles. The van der Waals surface area contributed by atoms with Gasteiger partial charge in [0.25, 0.3) is 0 Å². The van der Waals surface area contributed by atoms with Gasteiger partial charge < -0.3 is 16.2 Å². The maximum absolute atomic E-state index is 11.4. The summed E-state index contributed by atoms with van der Waals surface area (Å²) in [7, 11) is 0. The van der Waals surface area contributed by atoms with Crippen LogP contribution in [0, 0.1) is 13.8 Å². The number of aryl methyl sites for hydroxylation is 1. The Bertz CT molecular complexity index is 651. The van der Waals surface area contributed by atoms with Gasteiger partial charge in [0.15, 0.2) is 0 Å². The summed E-state index contributed by atoms with van der Waals surface area (Å²) in [4.78, 5) is 11.4. The summed E-state index contributed by atoms with van der Waals surface area (Å²) in [5.74, 6) is 0.300. The largest absolute Gasteiger partial charge is 0.488 e. The number of hydrogen-bond donors (Lipinski definition) is 2. The molecule has 0 bridgehead atoms. The van der Waals surface area contributed by atoms with Gasteiger partial charge in [0.05, 0.1) is 0 Å². The van der Waals surface area contributed by atoms with Crippen molar-refractivity contribution in [1.82, 2.24) is 0 Å². The van der Waals surface area contributed by atoms with Crippen molar-refractivity contribution in [3.63, 3.8) is 0 Å². The normalized spacial score (nSPS) is 10.3. The van der Waals surface area contributed by atoms with Gasteiger partial charge in [-0.1, -0.05) is 24.3 Å². The van der Waals surface area contributed by atoms with Gasteiger partial charge in [-0.3, -0.25) is 4.79 Å². The molecule has 2 aromatic carbocycles. The second-order valence-electron chi connectivity index (χ2n) is 4.74. The van der Waals surface area contributed by atoms with Crippen LogP contribution < -0.4 is 16.2 Å². The highest BCUT2D eigenvalue weighted by molar-refractivity contribution is 5.94. The van der Waals surface area contributed by atoms with Gasteiger partial charge >= 0.3 is 0 Å². The first-order chi connectivity index (χ1) is 9.50. The number of ether oxygens (including phenoxy) is 1. The molecule has 0 aliphatic heterocycles. The summed E-state index contributed by atoms with van der Waals surface area (Å²) in [5.41, 5.74) is 15.1. The SMILES string of the molecule is Cc1ccc(N)c(C)c1OCc1ccccc1C(N)=O. The molecule has 0 heterocycles. The van der Waals surface area contributed by atoms with Crippen molar-refractivity contribution in [3.8, 4) is 5.75 Å². The van der Waals surface area contributed by atoms with E-state index in [1.807, 2.05) is 38.1 Å². The first-order valence-corrected chi connectivity index (χ1v) is 6.37. The summed E-state index contributed by atoms with van der Waals surface area (Å²) in [6.07, 6.45) is 0. The molecule has 104 valence electrons. The Morgan fingerprint density at radius 2 is 1.85 bits per heavy atom. The van der Waals surface area contributed by atoms with Crippen LogP contribution in [-0.4, -0.2) is 5.91 Å². The minimum atomic E-state index is -0.454. The molecule has 4 heteroatoms. The predicted octanol–water partition coefficient (Wildman–Crippen LogP) is 2.56. The zero-order valence-corrected chi connectivity index (χ0v) is 11.6. The fourth-order valence-corrected chi connectivity index (χ4v) is 2.10. The van der Waals surface area contributed by atoms with Crippen LogP contribution >= 0.6 is 0 Å². The standard InChI is InChI=1S/C16H18N2O2/c1-10-7-8-14(17)11(2)15(10)20-9-12-5-3-4-6-13(12)16(18)19/h3-8H,9,17H2,1-2H3,(H2,18,19). The highest BCUT2D eigenvalue weighted by atomic mass is 16.5. The quantitative estimate of drug-likeness (QED) is 0.838. The van der Waals surface area contributed by atoms with E-state index >= 15 is 0 Å². The van der Waals surface area contributed by atoms with Crippen LogP contribution in [-0.2, 0) is 6.61 Å². The van der Waals surface area contributed by atoms with Crippen LogP contribution in [0.5, 0.6) is 5.75 Å². The molecule has 1 amide bonds. The number of carbonyl (C=O) groups excluding carboxylic acids is 1. The van der Waals surface area contributed by atoms with Gasteiger partial charge in [-0.25, -0.2) is 0 Å². The molecule has 0 saturated carbocycles. The minimum Gasteiger partial charge on any atom is -0.488 e. The second-order valence-corrected chi connectivity index (χ2v) is 4.74. The van der Waals surface area contributed by atoms with Crippen LogP contribution in [0.1, 0.15) is 27.0 Å². The number of amides is 1. The molecule has 0 radical (unpaired) electrons. The summed E-state index contributed by atoms with van der Waals surface area (Å²) in [6.45, 7) is 4.16. The highest BCUT2D eigenvalue weighted by Crippen LogP contribution is 2.28. The summed E-state index contributed by atoms with van der Waals surface area (Å²) in [5, 5.41) is 0. The Labute approximate surface area is 118 Å². The topological polar surface area (TPSA) is 78.3 Å². The lowest BCUT2D eigenvalue weighted by Crippen LogP contribution is -2.14. The van der Waals surface area contributed by atoms with E-state index in [0.717, 1.165) is 22.4 Å². The van der Waals surface area contributed by atoms with Gasteiger partial charge in [0, 0.05) is 22.4 Å². The summed E-state index contributed by atoms with van der Waals surface area (Å²) in [6, 6.07) is 10.9. The lowest BCUT2D eigenvalue weighted by Gasteiger charge is -2.14. The fourth-order valence-electron chi connectivity index (χ4n) is 2.10. The van der Waals surface area contributed by atoms with Crippen molar-refractivity contribution in [2.45, 2.75) is 20.5 Å². The average Bonchev–Trinajstić information content (AvgIpc) is 2.43. The van der Waals surface area contributed by atoms with Crippen LogP contribution in [0.25, 0.3) is 0 Å². The molecule has 0 aromatic heterocycles. The lowest BCUT2D eigenvalue weighted by atomic mass is 10.1. The molecular formula is C16H18N2O2. The Morgan fingerprint density at radius 3 is 2.55 bits per heavy atom. The van der Waals surface area contributed by atoms with Crippen molar-refractivity contribution in [1.29, 1.82) is 0 Å². The van der Waals surface area contributed by atoms with Gasteiger partial charge in [-0.15, -0.1) is 0 Å². The molecule has 20 heavy (non-hydrogen) atoms. The van der Waals surface area contributed by atoms with Gasteiger partial charge in [-0.05, 0) is 31.5 Å². The third kappa shape index (κ3) is 2.74. The van der Waals surface area contributed by atoms with Gasteiger partial charge in [0.2, 0.25) is 5.91 Å². The Hall–Kier alpha value is -2.49. The molecule has 0 fully saturated rings. The molecule has 2 rings (SSSR count). The number of hydrogen-bond acceptors (Lipinski definition) is 3. The van der Waals surface area contributed by atoms with Crippen molar-refractivity contribution >= 4 is 11.6 Å². The molecule has 0 aliphatic carbocycles. The monoisotopic (exact) mass is 270 g/mol. The van der Waals surface area contributed by atoms with Crippen LogP contribution in [0.2, 0.25) is 0 Å². The third-order valence-electron chi connectivity index (χ3n) is 3.30. The fraction of sp³-hybridized carbons (Fsp3) is 0.188. The molecule has 4 N–H and O–H groups in total. The number of benzene rings is 2. The maximum atomic E-state index is 11.4. The summed E-state index contributed by atoms with van der Waals surface area (Å²) >= 11 is 0. The predicted molar refractivity (Wildman–Crippen MR) is 79.6 cm³/mol. The zero-order chi connectivity index (χ0) is 14.7. The molecule has 0 spiro atoms. The molecule has 2 aromatic rings. The van der Waals surface area contributed by atoms with Crippen molar-refractivity contribution in [2.75, 3.05) is 5.73 Å². The first kappa shape index (κ1) is 13.9. The van der Waals surface area contributed by atoms with E-state index in [0.29, 0.717) is 11.3 Å².